The molecule has 3 nitrogen and oxygen atoms in total. The van der Waals surface area contributed by atoms with Crippen molar-refractivity contribution < 1.29 is 9.79 Å². The van der Waals surface area contributed by atoms with Gasteiger partial charge in [-0.3, -0.25) is 9.69 Å². The lowest BCUT2D eigenvalue weighted by Crippen LogP contribution is -2.65. The number of hydrogen-bond acceptors (Lipinski definition) is 2. The Morgan fingerprint density at radius 3 is 2.04 bits per heavy atom. The highest BCUT2D eigenvalue weighted by Gasteiger charge is 2.27. The third-order valence-corrected chi connectivity index (χ3v) is 5.16. The van der Waals surface area contributed by atoms with Gasteiger partial charge in [-0.25, -0.2) is 0 Å². The van der Waals surface area contributed by atoms with Crippen molar-refractivity contribution in [2.75, 3.05) is 10.7 Å². The Morgan fingerprint density at radius 2 is 1.37 bits per heavy atom. The van der Waals surface area contributed by atoms with Crippen LogP contribution in [0, 0.1) is 0 Å². The first-order valence-electron chi connectivity index (χ1n) is 8.78. The van der Waals surface area contributed by atoms with Crippen LogP contribution in [-0.2, 0) is 4.79 Å². The van der Waals surface area contributed by atoms with Crippen LogP contribution in [0.1, 0.15) is 5.56 Å². The maximum Gasteiger partial charge on any atom is 0.242 e. The molecule has 1 aliphatic rings. The highest BCUT2D eigenvalue weighted by atomic mass is 32.2. The van der Waals surface area contributed by atoms with E-state index < -0.39 is 0 Å². The lowest BCUT2D eigenvalue weighted by molar-refractivity contribution is -0.348. The molecule has 3 aromatic rings. The van der Waals surface area contributed by atoms with Gasteiger partial charge in [0, 0.05) is 23.9 Å². The van der Waals surface area contributed by atoms with Crippen LogP contribution in [0.5, 0.6) is 0 Å². The third kappa shape index (κ3) is 4.01. The van der Waals surface area contributed by atoms with Crippen LogP contribution in [0.15, 0.2) is 97.1 Å². The minimum atomic E-state index is 0.0613. The summed E-state index contributed by atoms with van der Waals surface area (Å²) >= 11 is 1.52. The van der Waals surface area contributed by atoms with Crippen LogP contribution in [-0.4, -0.2) is 16.7 Å². The summed E-state index contributed by atoms with van der Waals surface area (Å²) < 4.78 is 0. The summed E-state index contributed by atoms with van der Waals surface area (Å²) in [5.74, 6) is 0.433. The zero-order valence-electron chi connectivity index (χ0n) is 14.7. The summed E-state index contributed by atoms with van der Waals surface area (Å²) in [5, 5.41) is 0.951. The van der Waals surface area contributed by atoms with E-state index in [4.69, 9.17) is 0 Å². The fourth-order valence-electron chi connectivity index (χ4n) is 2.99. The molecule has 3 aromatic carbocycles. The molecule has 1 aliphatic heterocycles. The number of carbonyl (C=O) groups excluding carboxylic acids is 1. The monoisotopic (exact) mass is 371 g/mol. The van der Waals surface area contributed by atoms with Crippen LogP contribution in [0.4, 0.5) is 11.4 Å². The van der Waals surface area contributed by atoms with Crippen molar-refractivity contribution >= 4 is 39.8 Å². The van der Waals surface area contributed by atoms with Gasteiger partial charge >= 0.3 is 0 Å². The van der Waals surface area contributed by atoms with E-state index in [2.05, 4.69) is 11.1 Å². The molecule has 0 fully saturated rings. The number of para-hydroxylation sites is 2. The van der Waals surface area contributed by atoms with Gasteiger partial charge in [-0.05, 0) is 29.5 Å². The maximum absolute atomic E-state index is 13.0. The Hall–Kier alpha value is -3.11. The number of nitrogens with zero attached hydrogens (tertiary/aromatic N) is 1. The topological polar surface area (TPSA) is 34.3 Å². The number of amides is 1. The Labute approximate surface area is 163 Å². The lowest BCUT2D eigenvalue weighted by atomic mass is 10.1. The summed E-state index contributed by atoms with van der Waals surface area (Å²) in [6.07, 6.45) is 2.06. The first-order chi connectivity index (χ1) is 13.3. The lowest BCUT2D eigenvalue weighted by Gasteiger charge is -2.24. The van der Waals surface area contributed by atoms with Crippen molar-refractivity contribution in [2.45, 2.75) is 0 Å². The molecule has 0 radical (unpaired) electrons. The van der Waals surface area contributed by atoms with Gasteiger partial charge in [0.25, 0.3) is 0 Å². The molecule has 27 heavy (non-hydrogen) atoms. The van der Waals surface area contributed by atoms with Gasteiger partial charge in [0.1, 0.15) is 0 Å². The molecule has 0 aliphatic carbocycles. The second kappa shape index (κ2) is 8.06. The molecular formula is C23H19N2OS+. The van der Waals surface area contributed by atoms with Gasteiger partial charge in [0.2, 0.25) is 16.6 Å². The number of nitrogens with one attached hydrogen (secondary N) is 1. The number of hydrogen-bond donors (Lipinski definition) is 1. The number of anilines is 1. The molecule has 0 bridgehead atoms. The molecule has 1 N–H and O–H groups in total. The summed E-state index contributed by atoms with van der Waals surface area (Å²) in [6.45, 7) is 0. The fourth-order valence-corrected chi connectivity index (χ4v) is 3.78. The molecule has 1 heterocycles. The largest absolute Gasteiger partial charge is 0.279 e. The van der Waals surface area contributed by atoms with Crippen molar-refractivity contribution in [3.8, 4) is 0 Å². The Kier molecular flexibility index (Phi) is 5.17. The van der Waals surface area contributed by atoms with Crippen LogP contribution in [0.3, 0.4) is 0 Å². The molecule has 0 aromatic heterocycles. The highest BCUT2D eigenvalue weighted by Crippen LogP contribution is 2.30. The summed E-state index contributed by atoms with van der Waals surface area (Å²) in [5.41, 5.74) is 3.75. The van der Waals surface area contributed by atoms with E-state index >= 15 is 0 Å². The first kappa shape index (κ1) is 17.3. The number of thioether (sulfide) groups is 1. The van der Waals surface area contributed by atoms with E-state index in [0.717, 1.165) is 27.7 Å². The molecule has 4 heteroatoms. The molecule has 1 amide bonds. The van der Waals surface area contributed by atoms with E-state index in [-0.39, 0.29) is 5.91 Å². The quantitative estimate of drug-likeness (QED) is 0.763. The minimum absolute atomic E-state index is 0.0613. The summed E-state index contributed by atoms with van der Waals surface area (Å²) in [6, 6.07) is 29.8. The van der Waals surface area contributed by atoms with Crippen molar-refractivity contribution in [1.29, 1.82) is 0 Å². The van der Waals surface area contributed by atoms with Gasteiger partial charge in [0.05, 0.1) is 11.4 Å². The molecule has 0 unspecified atom stereocenters. The van der Waals surface area contributed by atoms with Crippen molar-refractivity contribution in [1.82, 2.24) is 0 Å². The predicted octanol–water partition coefficient (Wildman–Crippen LogP) is 3.62. The zero-order valence-corrected chi connectivity index (χ0v) is 15.5. The van der Waals surface area contributed by atoms with Gasteiger partial charge in [-0.1, -0.05) is 66.7 Å². The van der Waals surface area contributed by atoms with Gasteiger partial charge < -0.3 is 0 Å². The number of carbonyl (C=O) groups is 1. The molecule has 4 rings (SSSR count). The highest BCUT2D eigenvalue weighted by molar-refractivity contribution is 8.14. The van der Waals surface area contributed by atoms with Crippen LogP contribution in [0.2, 0.25) is 0 Å². The SMILES string of the molecule is O=C1CSC(=[NH+]c2ccccc2)C=C(c2ccccc2)N1c1ccccc1. The Bertz CT molecular complexity index is 983. The number of rotatable bonds is 3. The molecule has 0 spiro atoms. The summed E-state index contributed by atoms with van der Waals surface area (Å²) in [7, 11) is 0. The average Bonchev–Trinajstić information content (AvgIpc) is 2.89. The van der Waals surface area contributed by atoms with Gasteiger partial charge in [-0.2, -0.15) is 4.99 Å². The smallest absolute Gasteiger partial charge is 0.242 e. The van der Waals surface area contributed by atoms with E-state index in [0.29, 0.717) is 5.75 Å². The van der Waals surface area contributed by atoms with Gasteiger partial charge in [-0.15, -0.1) is 0 Å². The normalized spacial score (nSPS) is 16.1. The second-order valence-electron chi connectivity index (χ2n) is 6.10. The fraction of sp³-hybridized carbons (Fsp3) is 0.0435. The van der Waals surface area contributed by atoms with Crippen molar-refractivity contribution in [3.63, 3.8) is 0 Å². The Morgan fingerprint density at radius 1 is 0.778 bits per heavy atom. The van der Waals surface area contributed by atoms with E-state index in [9.17, 15) is 4.79 Å². The summed E-state index contributed by atoms with van der Waals surface area (Å²) in [4.78, 5) is 18.3. The standard InChI is InChI=1S/C23H18N2OS/c26-23-17-27-22(24-19-12-6-2-7-13-19)16-21(18-10-4-1-5-11-18)25(23)20-14-8-3-9-15-20/h1-16H,17H2/p+1. The average molecular weight is 371 g/mol. The van der Waals surface area contributed by atoms with Crippen molar-refractivity contribution in [2.24, 2.45) is 0 Å². The van der Waals surface area contributed by atoms with E-state index in [1.807, 2.05) is 95.9 Å². The van der Waals surface area contributed by atoms with Gasteiger partial charge in [0.15, 0.2) is 0 Å². The number of benzene rings is 3. The molecule has 0 atom stereocenters. The van der Waals surface area contributed by atoms with Crippen LogP contribution >= 0.6 is 11.8 Å². The predicted molar refractivity (Wildman–Crippen MR) is 113 cm³/mol. The zero-order chi connectivity index (χ0) is 18.5. The van der Waals surface area contributed by atoms with Crippen molar-refractivity contribution in [3.05, 3.63) is 103 Å². The molecule has 0 saturated carbocycles. The minimum Gasteiger partial charge on any atom is -0.279 e. The molecule has 0 saturated heterocycles. The third-order valence-electron chi connectivity index (χ3n) is 4.23. The second-order valence-corrected chi connectivity index (χ2v) is 7.12. The molecule has 132 valence electrons. The first-order valence-corrected chi connectivity index (χ1v) is 9.77. The van der Waals surface area contributed by atoms with Crippen LogP contribution < -0.4 is 9.89 Å². The van der Waals surface area contributed by atoms with E-state index in [1.165, 1.54) is 11.8 Å². The van der Waals surface area contributed by atoms with Crippen LogP contribution in [0.25, 0.3) is 5.70 Å². The maximum atomic E-state index is 13.0. The van der Waals surface area contributed by atoms with E-state index in [1.54, 1.807) is 0 Å². The molecular weight excluding hydrogens is 352 g/mol. The Balaban J connectivity index is 1.85.